The van der Waals surface area contributed by atoms with Gasteiger partial charge in [-0.3, -0.25) is 14.8 Å². The lowest BCUT2D eigenvalue weighted by molar-refractivity contribution is 0.0951. The van der Waals surface area contributed by atoms with Crippen LogP contribution in [0.25, 0.3) is 0 Å². The summed E-state index contributed by atoms with van der Waals surface area (Å²) in [6.45, 7) is 2.16. The highest BCUT2D eigenvalue weighted by atomic mass is 16.5. The van der Waals surface area contributed by atoms with Crippen LogP contribution in [-0.4, -0.2) is 23.0 Å². The van der Waals surface area contributed by atoms with Gasteiger partial charge in [0.05, 0.1) is 36.8 Å². The third-order valence-electron chi connectivity index (χ3n) is 2.77. The Balaban J connectivity index is 2.03. The number of nitrogens with one attached hydrogen (secondary N) is 1. The summed E-state index contributed by atoms with van der Waals surface area (Å²) in [4.78, 5) is 20.3. The van der Waals surface area contributed by atoms with Gasteiger partial charge in [-0.15, -0.1) is 0 Å². The third-order valence-corrected chi connectivity index (χ3v) is 2.77. The lowest BCUT2D eigenvalue weighted by Crippen LogP contribution is -2.24. The zero-order chi connectivity index (χ0) is 14.5. The van der Waals surface area contributed by atoms with Crippen molar-refractivity contribution >= 4 is 11.6 Å². The summed E-state index contributed by atoms with van der Waals surface area (Å²) in [7, 11) is 1.55. The maximum absolute atomic E-state index is 12.0. The van der Waals surface area contributed by atoms with E-state index < -0.39 is 0 Å². The fourth-order valence-electron chi connectivity index (χ4n) is 1.65. The minimum Gasteiger partial charge on any atom is -0.497 e. The van der Waals surface area contributed by atoms with Gasteiger partial charge in [-0.1, -0.05) is 0 Å². The quantitative estimate of drug-likeness (QED) is 0.819. The molecule has 0 aliphatic heterocycles. The van der Waals surface area contributed by atoms with Crippen LogP contribution in [0.1, 0.15) is 21.7 Å². The molecule has 6 nitrogen and oxygen atoms in total. The van der Waals surface area contributed by atoms with Crippen LogP contribution < -0.4 is 15.8 Å². The van der Waals surface area contributed by atoms with Crippen LogP contribution in [0.2, 0.25) is 0 Å². The lowest BCUT2D eigenvalue weighted by Gasteiger charge is -2.08. The fourth-order valence-corrected chi connectivity index (χ4v) is 1.65. The van der Waals surface area contributed by atoms with Gasteiger partial charge >= 0.3 is 0 Å². The Morgan fingerprint density at radius 3 is 2.75 bits per heavy atom. The summed E-state index contributed by atoms with van der Waals surface area (Å²) in [5.74, 6) is 0.357. The molecule has 0 radical (unpaired) electrons. The highest BCUT2D eigenvalue weighted by Crippen LogP contribution is 2.19. The number of aromatic nitrogens is 2. The van der Waals surface area contributed by atoms with E-state index in [1.165, 1.54) is 0 Å². The molecule has 1 aromatic heterocycles. The van der Waals surface area contributed by atoms with Crippen LogP contribution in [0.4, 0.5) is 5.69 Å². The number of methoxy groups -OCH3 is 1. The smallest absolute Gasteiger partial charge is 0.253 e. The molecule has 20 heavy (non-hydrogen) atoms. The van der Waals surface area contributed by atoms with Gasteiger partial charge in [-0.25, -0.2) is 0 Å². The maximum atomic E-state index is 12.0. The SMILES string of the molecule is COc1ccc(C(=O)NCc2cnc(C)cn2)c(N)c1. The van der Waals surface area contributed by atoms with Gasteiger partial charge < -0.3 is 15.8 Å². The van der Waals surface area contributed by atoms with Gasteiger partial charge in [0.2, 0.25) is 0 Å². The molecular weight excluding hydrogens is 256 g/mol. The van der Waals surface area contributed by atoms with Gasteiger partial charge in [0.1, 0.15) is 5.75 Å². The molecule has 3 N–H and O–H groups in total. The van der Waals surface area contributed by atoms with E-state index in [9.17, 15) is 4.79 Å². The zero-order valence-electron chi connectivity index (χ0n) is 11.4. The molecule has 2 rings (SSSR count). The molecule has 0 aliphatic rings. The van der Waals surface area contributed by atoms with Crippen LogP contribution >= 0.6 is 0 Å². The predicted molar refractivity (Wildman–Crippen MR) is 75.3 cm³/mol. The van der Waals surface area contributed by atoms with E-state index in [1.54, 1.807) is 37.7 Å². The molecule has 0 aliphatic carbocycles. The highest BCUT2D eigenvalue weighted by molar-refractivity contribution is 5.99. The van der Waals surface area contributed by atoms with Crippen molar-refractivity contribution < 1.29 is 9.53 Å². The first-order valence-electron chi connectivity index (χ1n) is 6.09. The number of carbonyl (C=O) groups excluding carboxylic acids is 1. The van der Waals surface area contributed by atoms with Crippen molar-refractivity contribution in [3.8, 4) is 5.75 Å². The van der Waals surface area contributed by atoms with Gasteiger partial charge in [0.15, 0.2) is 0 Å². The molecule has 0 unspecified atom stereocenters. The van der Waals surface area contributed by atoms with Crippen LogP contribution in [-0.2, 0) is 6.54 Å². The molecule has 6 heteroatoms. The average Bonchev–Trinajstić information content (AvgIpc) is 2.46. The molecule has 0 fully saturated rings. The maximum Gasteiger partial charge on any atom is 0.253 e. The molecule has 1 aromatic carbocycles. The molecule has 0 spiro atoms. The van der Waals surface area contributed by atoms with Crippen molar-refractivity contribution in [2.75, 3.05) is 12.8 Å². The second-order valence-corrected chi connectivity index (χ2v) is 4.28. The second kappa shape index (κ2) is 6.01. The Labute approximate surface area is 117 Å². The number of nitrogen functional groups attached to an aromatic ring is 1. The van der Waals surface area contributed by atoms with E-state index in [0.717, 1.165) is 5.69 Å². The van der Waals surface area contributed by atoms with Gasteiger partial charge in [0.25, 0.3) is 5.91 Å². The Kier molecular flexibility index (Phi) is 4.14. The minimum atomic E-state index is -0.257. The summed E-state index contributed by atoms with van der Waals surface area (Å²) in [6.07, 6.45) is 3.29. The number of nitrogens with two attached hydrogens (primary N) is 1. The van der Waals surface area contributed by atoms with Gasteiger partial charge in [-0.2, -0.15) is 0 Å². The van der Waals surface area contributed by atoms with Crippen molar-refractivity contribution in [2.24, 2.45) is 0 Å². The number of nitrogens with zero attached hydrogens (tertiary/aromatic N) is 2. The van der Waals surface area contributed by atoms with Crippen molar-refractivity contribution in [3.05, 3.63) is 47.5 Å². The molecule has 0 atom stereocenters. The van der Waals surface area contributed by atoms with Crippen LogP contribution in [0.5, 0.6) is 5.75 Å². The van der Waals surface area contributed by atoms with E-state index in [4.69, 9.17) is 10.5 Å². The second-order valence-electron chi connectivity index (χ2n) is 4.28. The summed E-state index contributed by atoms with van der Waals surface area (Å²) in [5.41, 5.74) is 8.12. The van der Waals surface area contributed by atoms with E-state index in [1.807, 2.05) is 6.92 Å². The standard InChI is InChI=1S/C14H16N4O2/c1-9-6-17-10(7-16-9)8-18-14(19)12-4-3-11(20-2)5-13(12)15/h3-7H,8,15H2,1-2H3,(H,18,19). The van der Waals surface area contributed by atoms with E-state index in [0.29, 0.717) is 29.2 Å². The van der Waals surface area contributed by atoms with Crippen LogP contribution in [0.3, 0.4) is 0 Å². The van der Waals surface area contributed by atoms with E-state index in [2.05, 4.69) is 15.3 Å². The Morgan fingerprint density at radius 2 is 2.15 bits per heavy atom. The largest absolute Gasteiger partial charge is 0.497 e. The molecule has 1 amide bonds. The number of rotatable bonds is 4. The molecule has 104 valence electrons. The number of benzene rings is 1. The topological polar surface area (TPSA) is 90.1 Å². The van der Waals surface area contributed by atoms with Crippen molar-refractivity contribution in [1.82, 2.24) is 15.3 Å². The average molecular weight is 272 g/mol. The molecule has 2 aromatic rings. The molecule has 0 saturated heterocycles. The van der Waals surface area contributed by atoms with Crippen molar-refractivity contribution in [2.45, 2.75) is 13.5 Å². The number of amides is 1. The summed E-state index contributed by atoms with van der Waals surface area (Å²) in [6, 6.07) is 4.93. The summed E-state index contributed by atoms with van der Waals surface area (Å²) < 4.78 is 5.04. The fraction of sp³-hybridized carbons (Fsp3) is 0.214. The summed E-state index contributed by atoms with van der Waals surface area (Å²) in [5, 5.41) is 2.75. The Morgan fingerprint density at radius 1 is 1.35 bits per heavy atom. The Bertz CT molecular complexity index is 611. The number of carbonyl (C=O) groups is 1. The first kappa shape index (κ1) is 13.8. The van der Waals surface area contributed by atoms with Gasteiger partial charge in [0, 0.05) is 18.0 Å². The summed E-state index contributed by atoms with van der Waals surface area (Å²) >= 11 is 0. The number of anilines is 1. The monoisotopic (exact) mass is 272 g/mol. The lowest BCUT2D eigenvalue weighted by atomic mass is 10.1. The van der Waals surface area contributed by atoms with Gasteiger partial charge in [-0.05, 0) is 19.1 Å². The molecule has 0 bridgehead atoms. The number of ether oxygens (including phenoxy) is 1. The number of hydrogen-bond acceptors (Lipinski definition) is 5. The Hall–Kier alpha value is -2.63. The van der Waals surface area contributed by atoms with Crippen molar-refractivity contribution in [3.63, 3.8) is 0 Å². The molecular formula is C14H16N4O2. The first-order chi connectivity index (χ1) is 9.60. The molecule has 1 heterocycles. The predicted octanol–water partition coefficient (Wildman–Crippen LogP) is 1.31. The molecule has 0 saturated carbocycles. The number of hydrogen-bond donors (Lipinski definition) is 2. The first-order valence-corrected chi connectivity index (χ1v) is 6.09. The number of aryl methyl sites for hydroxylation is 1. The highest BCUT2D eigenvalue weighted by Gasteiger charge is 2.10. The van der Waals surface area contributed by atoms with Crippen molar-refractivity contribution in [1.29, 1.82) is 0 Å². The third kappa shape index (κ3) is 3.23. The van der Waals surface area contributed by atoms with E-state index >= 15 is 0 Å². The minimum absolute atomic E-state index is 0.257. The van der Waals surface area contributed by atoms with E-state index in [-0.39, 0.29) is 5.91 Å². The normalized spacial score (nSPS) is 10.1. The zero-order valence-corrected chi connectivity index (χ0v) is 11.4. The van der Waals surface area contributed by atoms with Crippen LogP contribution in [0.15, 0.2) is 30.6 Å². The van der Waals surface area contributed by atoms with Crippen LogP contribution in [0, 0.1) is 6.92 Å².